The second kappa shape index (κ2) is 4.73. The van der Waals surface area contributed by atoms with Crippen LogP contribution in [-0.4, -0.2) is 42.1 Å². The molecule has 3 aliphatic rings. The number of fused-ring (bicyclic) bond motifs is 1. The Morgan fingerprint density at radius 2 is 2.14 bits per heavy atom. The lowest BCUT2D eigenvalue weighted by Gasteiger charge is -2.47. The summed E-state index contributed by atoms with van der Waals surface area (Å²) in [5.41, 5.74) is 8.92. The average Bonchev–Trinajstić information content (AvgIpc) is 3.06. The van der Waals surface area contributed by atoms with Gasteiger partial charge in [-0.2, -0.15) is 0 Å². The van der Waals surface area contributed by atoms with Crippen molar-refractivity contribution in [2.45, 2.75) is 44.2 Å². The van der Waals surface area contributed by atoms with Crippen molar-refractivity contribution in [2.24, 2.45) is 10.7 Å². The summed E-state index contributed by atoms with van der Waals surface area (Å²) < 4.78 is 0. The third-order valence-corrected chi connectivity index (χ3v) is 5.57. The highest BCUT2D eigenvalue weighted by molar-refractivity contribution is 5.99. The molecule has 1 spiro atoms. The number of hydrogen-bond acceptors (Lipinski definition) is 4. The number of nitrogens with zero attached hydrogens (tertiary/aromatic N) is 3. The van der Waals surface area contributed by atoms with Gasteiger partial charge in [0.15, 0.2) is 5.96 Å². The van der Waals surface area contributed by atoms with Crippen molar-refractivity contribution in [3.05, 3.63) is 29.8 Å². The molecule has 2 fully saturated rings. The van der Waals surface area contributed by atoms with Crippen LogP contribution in [0.5, 0.6) is 0 Å². The van der Waals surface area contributed by atoms with E-state index in [1.54, 1.807) is 0 Å². The van der Waals surface area contributed by atoms with Crippen LogP contribution in [0.1, 0.15) is 31.2 Å². The Morgan fingerprint density at radius 3 is 3.00 bits per heavy atom. The Kier molecular flexibility index (Phi) is 2.96. The van der Waals surface area contributed by atoms with Gasteiger partial charge in [0.05, 0.1) is 12.1 Å². The van der Waals surface area contributed by atoms with Crippen LogP contribution in [0, 0.1) is 6.92 Å². The van der Waals surface area contributed by atoms with Crippen LogP contribution in [0.3, 0.4) is 0 Å². The van der Waals surface area contributed by atoms with Gasteiger partial charge in [-0.3, -0.25) is 4.99 Å². The quantitative estimate of drug-likeness (QED) is 0.859. The summed E-state index contributed by atoms with van der Waals surface area (Å²) in [5.74, 6) is 0.704. The zero-order valence-corrected chi connectivity index (χ0v) is 12.8. The van der Waals surface area contributed by atoms with Crippen LogP contribution in [0.15, 0.2) is 29.3 Å². The number of benzene rings is 1. The second-order valence-corrected chi connectivity index (χ2v) is 6.81. The van der Waals surface area contributed by atoms with E-state index in [0.717, 1.165) is 12.6 Å². The number of nitrogens with two attached hydrogens (primary N) is 1. The molecule has 3 heterocycles. The lowest BCUT2D eigenvalue weighted by molar-refractivity contribution is 0.140. The fourth-order valence-electron chi connectivity index (χ4n) is 4.47. The smallest absolute Gasteiger partial charge is 0.196 e. The van der Waals surface area contributed by atoms with Crippen LogP contribution in [0.4, 0.5) is 5.69 Å². The van der Waals surface area contributed by atoms with Crippen LogP contribution in [0.25, 0.3) is 0 Å². The fraction of sp³-hybridized carbons (Fsp3) is 0.588. The summed E-state index contributed by atoms with van der Waals surface area (Å²) in [7, 11) is 0. The Bertz CT molecular complexity index is 582. The number of aryl methyl sites for hydroxylation is 1. The molecule has 21 heavy (non-hydrogen) atoms. The molecule has 1 aromatic carbocycles. The summed E-state index contributed by atoms with van der Waals surface area (Å²) in [6.45, 7) is 5.49. The molecule has 2 atom stereocenters. The first-order valence-electron chi connectivity index (χ1n) is 8.09. The van der Waals surface area contributed by atoms with Gasteiger partial charge in [-0.1, -0.05) is 18.2 Å². The standard InChI is InChI=1S/C17H24N4/c1-13-5-2-3-7-15(13)21-16(18)19-12-17(21)8-10-20-9-4-6-14(20)11-17/h2-3,5,7,14H,4,6,8-12H2,1H3,(H2,18,19). The normalized spacial score (nSPS) is 32.5. The van der Waals surface area contributed by atoms with E-state index in [9.17, 15) is 0 Å². The minimum atomic E-state index is 0.113. The Hall–Kier alpha value is -1.55. The molecule has 4 rings (SSSR count). The van der Waals surface area contributed by atoms with Crippen molar-refractivity contribution in [1.29, 1.82) is 0 Å². The molecule has 2 saturated heterocycles. The van der Waals surface area contributed by atoms with Gasteiger partial charge >= 0.3 is 0 Å². The first-order chi connectivity index (χ1) is 10.2. The lowest BCUT2D eigenvalue weighted by atomic mass is 9.82. The molecule has 0 radical (unpaired) electrons. The maximum absolute atomic E-state index is 6.28. The van der Waals surface area contributed by atoms with Crippen LogP contribution >= 0.6 is 0 Å². The van der Waals surface area contributed by atoms with Crippen molar-refractivity contribution < 1.29 is 0 Å². The minimum absolute atomic E-state index is 0.113. The van der Waals surface area contributed by atoms with Gasteiger partial charge in [-0.05, 0) is 50.8 Å². The number of guanidine groups is 1. The molecule has 0 amide bonds. The van der Waals surface area contributed by atoms with Gasteiger partial charge in [0.1, 0.15) is 0 Å². The summed E-state index contributed by atoms with van der Waals surface area (Å²) >= 11 is 0. The van der Waals surface area contributed by atoms with E-state index in [0.29, 0.717) is 5.96 Å². The zero-order valence-electron chi connectivity index (χ0n) is 12.8. The third kappa shape index (κ3) is 1.96. The van der Waals surface area contributed by atoms with Crippen LogP contribution in [0.2, 0.25) is 0 Å². The van der Waals surface area contributed by atoms with Gasteiger partial charge in [0.25, 0.3) is 0 Å². The Morgan fingerprint density at radius 1 is 1.29 bits per heavy atom. The van der Waals surface area contributed by atoms with E-state index in [-0.39, 0.29) is 5.54 Å². The largest absolute Gasteiger partial charge is 0.369 e. The van der Waals surface area contributed by atoms with Crippen LogP contribution < -0.4 is 10.6 Å². The molecular formula is C17H24N4. The minimum Gasteiger partial charge on any atom is -0.369 e. The highest BCUT2D eigenvalue weighted by Gasteiger charge is 2.49. The number of para-hydroxylation sites is 1. The molecule has 2 unspecified atom stereocenters. The summed E-state index contributed by atoms with van der Waals surface area (Å²) in [6, 6.07) is 9.28. The van der Waals surface area contributed by atoms with Gasteiger partial charge < -0.3 is 15.5 Å². The lowest BCUT2D eigenvalue weighted by Crippen LogP contribution is -2.59. The number of piperidine rings is 1. The topological polar surface area (TPSA) is 44.9 Å². The first-order valence-corrected chi connectivity index (χ1v) is 8.09. The van der Waals surface area contributed by atoms with Crippen molar-refractivity contribution in [3.8, 4) is 0 Å². The van der Waals surface area contributed by atoms with Gasteiger partial charge in [-0.25, -0.2) is 0 Å². The highest BCUT2D eigenvalue weighted by Crippen LogP contribution is 2.42. The summed E-state index contributed by atoms with van der Waals surface area (Å²) in [5, 5.41) is 0. The molecule has 2 N–H and O–H groups in total. The number of aliphatic imine (C=N–C) groups is 1. The fourth-order valence-corrected chi connectivity index (χ4v) is 4.47. The maximum atomic E-state index is 6.28. The zero-order chi connectivity index (χ0) is 14.4. The van der Waals surface area contributed by atoms with Gasteiger partial charge in [-0.15, -0.1) is 0 Å². The monoisotopic (exact) mass is 284 g/mol. The predicted octanol–water partition coefficient (Wildman–Crippen LogP) is 2.13. The van der Waals surface area contributed by atoms with Crippen molar-refractivity contribution in [2.75, 3.05) is 24.5 Å². The van der Waals surface area contributed by atoms with E-state index < -0.39 is 0 Å². The van der Waals surface area contributed by atoms with Gasteiger partial charge in [0.2, 0.25) is 0 Å². The molecule has 0 saturated carbocycles. The maximum Gasteiger partial charge on any atom is 0.196 e. The number of anilines is 1. The van der Waals surface area contributed by atoms with Gasteiger partial charge in [0, 0.05) is 18.3 Å². The molecule has 4 nitrogen and oxygen atoms in total. The van der Waals surface area contributed by atoms with Crippen molar-refractivity contribution in [3.63, 3.8) is 0 Å². The molecule has 1 aromatic rings. The molecule has 0 bridgehead atoms. The average molecular weight is 284 g/mol. The second-order valence-electron chi connectivity index (χ2n) is 6.81. The molecule has 4 heteroatoms. The van der Waals surface area contributed by atoms with E-state index >= 15 is 0 Å². The molecule has 112 valence electrons. The molecule has 3 aliphatic heterocycles. The SMILES string of the molecule is Cc1ccccc1N1C(N)=NCC12CCN1CCCC1C2. The van der Waals surface area contributed by atoms with E-state index in [2.05, 4.69) is 46.0 Å². The molecule has 0 aromatic heterocycles. The van der Waals surface area contributed by atoms with Crippen LogP contribution in [-0.2, 0) is 0 Å². The number of rotatable bonds is 1. The summed E-state index contributed by atoms with van der Waals surface area (Å²) in [6.07, 6.45) is 5.05. The first kappa shape index (κ1) is 13.1. The van der Waals surface area contributed by atoms with Crippen molar-refractivity contribution >= 4 is 11.6 Å². The summed E-state index contributed by atoms with van der Waals surface area (Å²) in [4.78, 5) is 9.64. The highest BCUT2D eigenvalue weighted by atomic mass is 15.4. The van der Waals surface area contributed by atoms with E-state index in [4.69, 9.17) is 5.73 Å². The number of hydrogen-bond donors (Lipinski definition) is 1. The third-order valence-electron chi connectivity index (χ3n) is 5.57. The van der Waals surface area contributed by atoms with E-state index in [1.165, 1.54) is 50.0 Å². The Balaban J connectivity index is 1.70. The molecule has 0 aliphatic carbocycles. The van der Waals surface area contributed by atoms with Crippen molar-refractivity contribution in [1.82, 2.24) is 4.90 Å². The van der Waals surface area contributed by atoms with E-state index in [1.807, 2.05) is 0 Å². The predicted molar refractivity (Wildman–Crippen MR) is 86.7 cm³/mol. The molecular weight excluding hydrogens is 260 g/mol. The Labute approximate surface area is 126 Å².